The summed E-state index contributed by atoms with van der Waals surface area (Å²) in [6, 6.07) is 13.9. The first-order valence-corrected chi connectivity index (χ1v) is 9.73. The van der Waals surface area contributed by atoms with Gasteiger partial charge in [0.15, 0.2) is 0 Å². The summed E-state index contributed by atoms with van der Waals surface area (Å²) < 4.78 is 15.6. The van der Waals surface area contributed by atoms with Gasteiger partial charge in [0.05, 0.1) is 11.6 Å². The van der Waals surface area contributed by atoms with E-state index in [9.17, 15) is 14.7 Å². The van der Waals surface area contributed by atoms with E-state index >= 15 is 4.39 Å². The van der Waals surface area contributed by atoms with Gasteiger partial charge >= 0.3 is 0 Å². The second-order valence-electron chi connectivity index (χ2n) is 7.71. The Balaban J connectivity index is 1.52. The fourth-order valence-corrected chi connectivity index (χ4v) is 4.36. The molecule has 0 radical (unpaired) electrons. The Kier molecular flexibility index (Phi) is 4.10. The molecule has 2 amide bonds. The SMILES string of the molecule is C=CC(=O)N1CC(N2Cc3ccc(-c4cc(O)cc5ccccc45)c(F)c3C2=O)C1. The van der Waals surface area contributed by atoms with Crippen LogP contribution in [-0.4, -0.2) is 45.9 Å². The van der Waals surface area contributed by atoms with Gasteiger partial charge in [0, 0.05) is 25.2 Å². The number of phenolic OH excluding ortho intramolecular Hbond substituents is 1. The second kappa shape index (κ2) is 6.69. The van der Waals surface area contributed by atoms with Gasteiger partial charge in [0.2, 0.25) is 5.91 Å². The van der Waals surface area contributed by atoms with Crippen LogP contribution in [0, 0.1) is 5.82 Å². The van der Waals surface area contributed by atoms with Crippen molar-refractivity contribution < 1.29 is 19.1 Å². The Labute approximate surface area is 172 Å². The van der Waals surface area contributed by atoms with Crippen LogP contribution in [0.3, 0.4) is 0 Å². The number of hydrogen-bond acceptors (Lipinski definition) is 3. The van der Waals surface area contributed by atoms with Gasteiger partial charge in [0.25, 0.3) is 5.91 Å². The number of carbonyl (C=O) groups excluding carboxylic acids is 2. The van der Waals surface area contributed by atoms with Gasteiger partial charge in [-0.25, -0.2) is 4.39 Å². The molecule has 1 N–H and O–H groups in total. The molecule has 2 aliphatic heterocycles. The zero-order valence-electron chi connectivity index (χ0n) is 16.1. The normalized spacial score (nSPS) is 16.0. The van der Waals surface area contributed by atoms with E-state index in [1.165, 1.54) is 12.1 Å². The summed E-state index contributed by atoms with van der Waals surface area (Å²) in [6.07, 6.45) is 1.25. The molecular formula is C24H19FN2O3. The molecule has 0 spiro atoms. The van der Waals surface area contributed by atoms with Crippen molar-refractivity contribution in [2.45, 2.75) is 12.6 Å². The first-order chi connectivity index (χ1) is 14.5. The summed E-state index contributed by atoms with van der Waals surface area (Å²) >= 11 is 0. The molecule has 0 saturated carbocycles. The van der Waals surface area contributed by atoms with Crippen LogP contribution in [0.5, 0.6) is 5.75 Å². The molecule has 6 heteroatoms. The highest BCUT2D eigenvalue weighted by Gasteiger charge is 2.41. The largest absolute Gasteiger partial charge is 0.508 e. The fraction of sp³-hybridized carbons (Fsp3) is 0.167. The van der Waals surface area contributed by atoms with Crippen LogP contribution in [0.15, 0.2) is 61.2 Å². The van der Waals surface area contributed by atoms with Crippen molar-refractivity contribution in [1.29, 1.82) is 0 Å². The number of likely N-dealkylation sites (tertiary alicyclic amines) is 1. The van der Waals surface area contributed by atoms with Crippen molar-refractivity contribution in [3.05, 3.63) is 78.1 Å². The van der Waals surface area contributed by atoms with E-state index in [0.717, 1.165) is 10.8 Å². The van der Waals surface area contributed by atoms with Gasteiger partial charge < -0.3 is 14.9 Å². The predicted molar refractivity (Wildman–Crippen MR) is 111 cm³/mol. The van der Waals surface area contributed by atoms with Crippen LogP contribution in [0.25, 0.3) is 21.9 Å². The number of phenols is 1. The van der Waals surface area contributed by atoms with E-state index in [-0.39, 0.29) is 34.7 Å². The van der Waals surface area contributed by atoms with Gasteiger partial charge in [0.1, 0.15) is 11.6 Å². The minimum atomic E-state index is -0.575. The lowest BCUT2D eigenvalue weighted by Crippen LogP contribution is -2.60. The molecule has 3 aromatic carbocycles. The lowest BCUT2D eigenvalue weighted by Gasteiger charge is -2.43. The van der Waals surface area contributed by atoms with Crippen LogP contribution >= 0.6 is 0 Å². The van der Waals surface area contributed by atoms with Crippen LogP contribution in [0.2, 0.25) is 0 Å². The van der Waals surface area contributed by atoms with Gasteiger partial charge in [-0.2, -0.15) is 0 Å². The van der Waals surface area contributed by atoms with Gasteiger partial charge in [-0.3, -0.25) is 9.59 Å². The maximum atomic E-state index is 15.6. The molecule has 1 saturated heterocycles. The molecule has 2 heterocycles. The topological polar surface area (TPSA) is 60.9 Å². The van der Waals surface area contributed by atoms with Crippen molar-refractivity contribution in [1.82, 2.24) is 9.80 Å². The lowest BCUT2D eigenvalue weighted by molar-refractivity contribution is -0.132. The molecule has 0 unspecified atom stereocenters. The molecule has 0 aliphatic carbocycles. The number of fused-ring (bicyclic) bond motifs is 2. The summed E-state index contributed by atoms with van der Waals surface area (Å²) in [5.74, 6) is -1.06. The number of aromatic hydroxyl groups is 1. The highest BCUT2D eigenvalue weighted by Crippen LogP contribution is 2.38. The van der Waals surface area contributed by atoms with Crippen molar-refractivity contribution >= 4 is 22.6 Å². The van der Waals surface area contributed by atoms with E-state index in [1.807, 2.05) is 24.3 Å². The Morgan fingerprint density at radius 2 is 1.90 bits per heavy atom. The smallest absolute Gasteiger partial charge is 0.257 e. The number of nitrogens with zero attached hydrogens (tertiary/aromatic N) is 2. The van der Waals surface area contributed by atoms with Crippen LogP contribution in [-0.2, 0) is 11.3 Å². The van der Waals surface area contributed by atoms with Gasteiger partial charge in [-0.15, -0.1) is 0 Å². The molecule has 150 valence electrons. The van der Waals surface area contributed by atoms with Crippen molar-refractivity contribution in [2.24, 2.45) is 0 Å². The Morgan fingerprint density at radius 3 is 2.67 bits per heavy atom. The first kappa shape index (κ1) is 18.4. The van der Waals surface area contributed by atoms with E-state index < -0.39 is 5.82 Å². The van der Waals surface area contributed by atoms with Crippen LogP contribution < -0.4 is 0 Å². The molecule has 3 aromatic rings. The van der Waals surface area contributed by atoms with Gasteiger partial charge in [-0.05, 0) is 40.1 Å². The molecule has 1 fully saturated rings. The molecule has 30 heavy (non-hydrogen) atoms. The molecule has 2 aliphatic rings. The third kappa shape index (κ3) is 2.68. The minimum absolute atomic E-state index is 0.0398. The number of benzene rings is 3. The summed E-state index contributed by atoms with van der Waals surface area (Å²) in [5, 5.41) is 11.7. The maximum Gasteiger partial charge on any atom is 0.257 e. The molecule has 0 aromatic heterocycles. The third-order valence-electron chi connectivity index (χ3n) is 5.97. The monoisotopic (exact) mass is 402 g/mol. The van der Waals surface area contributed by atoms with E-state index in [1.54, 1.807) is 28.0 Å². The van der Waals surface area contributed by atoms with Crippen molar-refractivity contribution in [3.63, 3.8) is 0 Å². The van der Waals surface area contributed by atoms with E-state index in [4.69, 9.17) is 0 Å². The second-order valence-corrected chi connectivity index (χ2v) is 7.71. The fourth-order valence-electron chi connectivity index (χ4n) is 4.36. The Bertz CT molecular complexity index is 1230. The van der Waals surface area contributed by atoms with Crippen LogP contribution in [0.4, 0.5) is 4.39 Å². The summed E-state index contributed by atoms with van der Waals surface area (Å²) in [6.45, 7) is 4.65. The quantitative estimate of drug-likeness (QED) is 0.680. The van der Waals surface area contributed by atoms with Crippen molar-refractivity contribution in [2.75, 3.05) is 13.1 Å². The summed E-state index contributed by atoms with van der Waals surface area (Å²) in [5.41, 5.74) is 1.55. The predicted octanol–water partition coefficient (Wildman–Crippen LogP) is 3.70. The first-order valence-electron chi connectivity index (χ1n) is 9.73. The molecule has 0 atom stereocenters. The molecule has 0 bridgehead atoms. The van der Waals surface area contributed by atoms with Gasteiger partial charge in [-0.1, -0.05) is 43.0 Å². The van der Waals surface area contributed by atoms with E-state index in [2.05, 4.69) is 6.58 Å². The summed E-state index contributed by atoms with van der Waals surface area (Å²) in [7, 11) is 0. The lowest BCUT2D eigenvalue weighted by atomic mass is 9.94. The average molecular weight is 402 g/mol. The van der Waals surface area contributed by atoms with Crippen LogP contribution in [0.1, 0.15) is 15.9 Å². The number of rotatable bonds is 3. The molecule has 5 rings (SSSR count). The standard InChI is InChI=1S/C24H19FN2O3/c1-2-21(29)26-12-16(13-26)27-11-15-7-8-19(23(25)22(15)24(27)30)20-10-17(28)9-14-5-3-4-6-18(14)20/h2-10,16,28H,1,11-13H2. The number of hydrogen-bond donors (Lipinski definition) is 1. The average Bonchev–Trinajstić information content (AvgIpc) is 3.03. The highest BCUT2D eigenvalue weighted by molar-refractivity contribution is 6.03. The van der Waals surface area contributed by atoms with E-state index in [0.29, 0.717) is 30.8 Å². The minimum Gasteiger partial charge on any atom is -0.508 e. The molecular weight excluding hydrogens is 383 g/mol. The number of amides is 2. The zero-order chi connectivity index (χ0) is 21.0. The highest BCUT2D eigenvalue weighted by atomic mass is 19.1. The number of carbonyl (C=O) groups is 2. The summed E-state index contributed by atoms with van der Waals surface area (Å²) in [4.78, 5) is 27.9. The maximum absolute atomic E-state index is 15.6. The third-order valence-corrected chi connectivity index (χ3v) is 5.97. The zero-order valence-corrected chi connectivity index (χ0v) is 16.1. The molecule has 5 nitrogen and oxygen atoms in total. The Morgan fingerprint density at radius 1 is 1.13 bits per heavy atom. The number of halogens is 1. The van der Waals surface area contributed by atoms with Crippen molar-refractivity contribution in [3.8, 4) is 16.9 Å². The Hall–Kier alpha value is -3.67.